The molecule has 0 radical (unpaired) electrons. The zero-order valence-corrected chi connectivity index (χ0v) is 13.3. The number of Topliss-reactive ketones (excluding diaryl/α,β-unsaturated/α-hetero) is 1. The number of ether oxygens (including phenoxy) is 3. The van der Waals surface area contributed by atoms with Gasteiger partial charge >= 0.3 is 0 Å². The molecule has 0 spiro atoms. The summed E-state index contributed by atoms with van der Waals surface area (Å²) in [4.78, 5) is 12.2. The van der Waals surface area contributed by atoms with Crippen molar-refractivity contribution in [1.82, 2.24) is 10.6 Å². The van der Waals surface area contributed by atoms with Gasteiger partial charge in [0, 0.05) is 6.42 Å². The molecule has 0 aromatic heterocycles. The Morgan fingerprint density at radius 1 is 1.09 bits per heavy atom. The molecule has 5 unspecified atom stereocenters. The Kier molecular flexibility index (Phi) is 4.49. The van der Waals surface area contributed by atoms with E-state index >= 15 is 0 Å². The summed E-state index contributed by atoms with van der Waals surface area (Å²) in [7, 11) is 3.24. The highest BCUT2D eigenvalue weighted by Crippen LogP contribution is 2.40. The number of nitrogens with one attached hydrogen (secondary N) is 2. The summed E-state index contributed by atoms with van der Waals surface area (Å²) in [5, 5.41) is 37.2. The van der Waals surface area contributed by atoms with Gasteiger partial charge in [0.05, 0.1) is 24.3 Å². The van der Waals surface area contributed by atoms with Crippen LogP contribution in [0.1, 0.15) is 13.3 Å². The fraction of sp³-hybridized carbons (Fsp3) is 0.929. The van der Waals surface area contributed by atoms with Gasteiger partial charge in [0.2, 0.25) is 6.29 Å². The smallest absolute Gasteiger partial charge is 0.280 e. The van der Waals surface area contributed by atoms with Crippen molar-refractivity contribution < 1.29 is 34.3 Å². The Balaban J connectivity index is 1.92. The van der Waals surface area contributed by atoms with E-state index in [9.17, 15) is 20.1 Å². The molecule has 5 N–H and O–H groups in total. The van der Waals surface area contributed by atoms with Gasteiger partial charge in [0.1, 0.15) is 18.3 Å². The quantitative estimate of drug-likeness (QED) is 0.361. The molecule has 3 aliphatic rings. The molecule has 0 amide bonds. The van der Waals surface area contributed by atoms with E-state index in [1.54, 1.807) is 21.0 Å². The Morgan fingerprint density at radius 3 is 2.35 bits per heavy atom. The van der Waals surface area contributed by atoms with Gasteiger partial charge < -0.3 is 40.2 Å². The SMILES string of the molecule is CNC1C(O)C(NC)[C@H]2O[C@@]3(O)C(=O)CC(C)O[C@@H]3O[C@H]2C1O. The molecule has 9 atom stereocenters. The predicted molar refractivity (Wildman–Crippen MR) is 76.4 cm³/mol. The molecule has 2 aliphatic heterocycles. The lowest BCUT2D eigenvalue weighted by Gasteiger charge is -2.55. The van der Waals surface area contributed by atoms with E-state index in [-0.39, 0.29) is 6.42 Å². The van der Waals surface area contributed by atoms with Crippen molar-refractivity contribution in [3.05, 3.63) is 0 Å². The highest BCUT2D eigenvalue weighted by atomic mass is 16.8. The summed E-state index contributed by atoms with van der Waals surface area (Å²) in [6.45, 7) is 1.70. The van der Waals surface area contributed by atoms with Crippen molar-refractivity contribution in [3.8, 4) is 0 Å². The summed E-state index contributed by atoms with van der Waals surface area (Å²) in [5.74, 6) is -2.76. The summed E-state index contributed by atoms with van der Waals surface area (Å²) in [5.41, 5.74) is 0. The summed E-state index contributed by atoms with van der Waals surface area (Å²) >= 11 is 0. The van der Waals surface area contributed by atoms with E-state index in [0.29, 0.717) is 0 Å². The van der Waals surface area contributed by atoms with E-state index < -0.39 is 60.5 Å². The van der Waals surface area contributed by atoms with Crippen LogP contribution in [-0.2, 0) is 19.0 Å². The van der Waals surface area contributed by atoms with Gasteiger partial charge in [0.15, 0.2) is 5.78 Å². The number of aliphatic hydroxyl groups is 3. The first kappa shape index (κ1) is 17.2. The topological polar surface area (TPSA) is 130 Å². The minimum absolute atomic E-state index is 0.00220. The third kappa shape index (κ3) is 2.52. The average Bonchev–Trinajstić information content (AvgIpc) is 2.49. The number of hydrogen-bond acceptors (Lipinski definition) is 9. The molecule has 1 aliphatic carbocycles. The van der Waals surface area contributed by atoms with Crippen LogP contribution in [0.4, 0.5) is 0 Å². The maximum absolute atomic E-state index is 12.2. The lowest BCUT2D eigenvalue weighted by molar-refractivity contribution is -0.420. The highest BCUT2D eigenvalue weighted by Gasteiger charge is 2.63. The molecular formula is C14H24N2O7. The molecule has 9 nitrogen and oxygen atoms in total. The predicted octanol–water partition coefficient (Wildman–Crippen LogP) is -2.93. The van der Waals surface area contributed by atoms with E-state index in [0.717, 1.165) is 0 Å². The Labute approximate surface area is 133 Å². The largest absolute Gasteiger partial charge is 0.390 e. The van der Waals surface area contributed by atoms with Crippen LogP contribution in [0.25, 0.3) is 0 Å². The van der Waals surface area contributed by atoms with Crippen LogP contribution >= 0.6 is 0 Å². The Hall–Kier alpha value is -0.650. The van der Waals surface area contributed by atoms with Crippen LogP contribution in [0.3, 0.4) is 0 Å². The molecule has 2 heterocycles. The van der Waals surface area contributed by atoms with Crippen molar-refractivity contribution in [2.45, 2.75) is 68.0 Å². The van der Waals surface area contributed by atoms with Gasteiger partial charge in [-0.1, -0.05) is 0 Å². The zero-order chi connectivity index (χ0) is 16.9. The molecule has 1 saturated carbocycles. The standard InChI is InChI=1S/C14H24N2O7/c1-5-4-6(17)14(20)13(21-5)22-12-10(19)7(15-2)9(18)8(16-3)11(12)23-14/h5,7-13,15-16,18-20H,4H2,1-3H3/t5?,7?,8?,9?,10?,11-,12+,13-,14+/m1/s1. The maximum Gasteiger partial charge on any atom is 0.280 e. The van der Waals surface area contributed by atoms with E-state index in [1.807, 2.05) is 0 Å². The number of likely N-dealkylation sites (N-methyl/N-ethyl adjacent to an activating group) is 2. The van der Waals surface area contributed by atoms with Crippen molar-refractivity contribution in [1.29, 1.82) is 0 Å². The second-order valence-corrected chi connectivity index (χ2v) is 6.40. The third-order valence-corrected chi connectivity index (χ3v) is 4.93. The second kappa shape index (κ2) is 6.01. The third-order valence-electron chi connectivity index (χ3n) is 4.93. The van der Waals surface area contributed by atoms with Gasteiger partial charge in [0.25, 0.3) is 5.79 Å². The molecule has 0 aromatic rings. The highest BCUT2D eigenvalue weighted by molar-refractivity contribution is 5.87. The monoisotopic (exact) mass is 332 g/mol. The van der Waals surface area contributed by atoms with Crippen LogP contribution < -0.4 is 10.6 Å². The molecule has 132 valence electrons. The van der Waals surface area contributed by atoms with E-state index in [2.05, 4.69) is 10.6 Å². The van der Waals surface area contributed by atoms with Crippen LogP contribution in [0.15, 0.2) is 0 Å². The number of fused-ring (bicyclic) bond motifs is 2. The van der Waals surface area contributed by atoms with E-state index in [1.165, 1.54) is 0 Å². The fourth-order valence-electron chi connectivity index (χ4n) is 3.68. The number of carbonyl (C=O) groups is 1. The first-order valence-corrected chi connectivity index (χ1v) is 7.78. The molecule has 3 rings (SSSR count). The minimum atomic E-state index is -2.23. The Morgan fingerprint density at radius 2 is 1.74 bits per heavy atom. The summed E-state index contributed by atoms with van der Waals surface area (Å²) in [6, 6.07) is -1.29. The van der Waals surface area contributed by atoms with Crippen LogP contribution in [-0.4, -0.2) is 89.9 Å². The van der Waals surface area contributed by atoms with Gasteiger partial charge in [-0.2, -0.15) is 0 Å². The van der Waals surface area contributed by atoms with Gasteiger partial charge in [-0.25, -0.2) is 0 Å². The van der Waals surface area contributed by atoms with Crippen molar-refractivity contribution in [2.75, 3.05) is 14.1 Å². The molecule has 9 heteroatoms. The lowest BCUT2D eigenvalue weighted by atomic mass is 9.80. The van der Waals surface area contributed by atoms with Crippen LogP contribution in [0, 0.1) is 0 Å². The minimum Gasteiger partial charge on any atom is -0.390 e. The summed E-state index contributed by atoms with van der Waals surface area (Å²) in [6.07, 6.45) is -5.58. The Bertz CT molecular complexity index is 478. The van der Waals surface area contributed by atoms with Crippen molar-refractivity contribution in [3.63, 3.8) is 0 Å². The van der Waals surface area contributed by atoms with Crippen molar-refractivity contribution >= 4 is 5.78 Å². The normalized spacial score (nSPS) is 53.6. The first-order chi connectivity index (χ1) is 10.8. The summed E-state index contributed by atoms with van der Waals surface area (Å²) < 4.78 is 16.8. The van der Waals surface area contributed by atoms with Gasteiger partial charge in [-0.15, -0.1) is 0 Å². The van der Waals surface area contributed by atoms with Crippen LogP contribution in [0.5, 0.6) is 0 Å². The molecular weight excluding hydrogens is 308 g/mol. The average molecular weight is 332 g/mol. The van der Waals surface area contributed by atoms with Crippen molar-refractivity contribution in [2.24, 2.45) is 0 Å². The first-order valence-electron chi connectivity index (χ1n) is 7.78. The van der Waals surface area contributed by atoms with E-state index in [4.69, 9.17) is 14.2 Å². The molecule has 23 heavy (non-hydrogen) atoms. The fourth-order valence-corrected chi connectivity index (χ4v) is 3.68. The zero-order valence-electron chi connectivity index (χ0n) is 13.3. The molecule has 2 saturated heterocycles. The number of carbonyl (C=O) groups excluding carboxylic acids is 1. The maximum atomic E-state index is 12.2. The number of hydrogen-bond donors (Lipinski definition) is 5. The molecule has 0 aromatic carbocycles. The molecule has 0 bridgehead atoms. The number of ketones is 1. The van der Waals surface area contributed by atoms with Gasteiger partial charge in [-0.05, 0) is 21.0 Å². The second-order valence-electron chi connectivity index (χ2n) is 6.40. The van der Waals surface area contributed by atoms with Crippen LogP contribution in [0.2, 0.25) is 0 Å². The lowest BCUT2D eigenvalue weighted by Crippen LogP contribution is -2.77. The van der Waals surface area contributed by atoms with Gasteiger partial charge in [-0.3, -0.25) is 4.79 Å². The number of rotatable bonds is 2. The molecule has 3 fully saturated rings. The number of aliphatic hydroxyl groups excluding tert-OH is 2.